The molecular weight excluding hydrogens is 490 g/mol. The Kier molecular flexibility index (Phi) is 11.9. The maximum Gasteiger partial charge on any atom is 0.490 e. The lowest BCUT2D eigenvalue weighted by Crippen LogP contribution is -2.56. The first-order valence-electron chi connectivity index (χ1n) is 10.6. The van der Waals surface area contributed by atoms with Crippen molar-refractivity contribution in [2.45, 2.75) is 51.2 Å². The van der Waals surface area contributed by atoms with Crippen LogP contribution in [0.3, 0.4) is 0 Å². The van der Waals surface area contributed by atoms with Crippen molar-refractivity contribution in [3.05, 3.63) is 30.1 Å². The topological polar surface area (TPSA) is 109 Å². The van der Waals surface area contributed by atoms with E-state index in [4.69, 9.17) is 29.3 Å². The number of aromatic nitrogens is 1. The van der Waals surface area contributed by atoms with Crippen LogP contribution in [-0.4, -0.2) is 83.4 Å². The van der Waals surface area contributed by atoms with Crippen molar-refractivity contribution >= 4 is 11.9 Å². The molecule has 2 saturated heterocycles. The lowest BCUT2D eigenvalue weighted by atomic mass is 9.73. The monoisotopic (exact) mass is 518 g/mol. The summed E-state index contributed by atoms with van der Waals surface area (Å²) in [7, 11) is 0. The molecule has 1 aromatic rings. The van der Waals surface area contributed by atoms with Gasteiger partial charge in [-0.2, -0.15) is 26.3 Å². The first-order valence-corrected chi connectivity index (χ1v) is 10.6. The van der Waals surface area contributed by atoms with E-state index in [0.29, 0.717) is 6.10 Å². The van der Waals surface area contributed by atoms with Crippen LogP contribution >= 0.6 is 0 Å². The van der Waals surface area contributed by atoms with Gasteiger partial charge in [-0.05, 0) is 38.3 Å². The predicted octanol–water partition coefficient (Wildman–Crippen LogP) is 3.76. The highest BCUT2D eigenvalue weighted by Gasteiger charge is 2.46. The number of likely N-dealkylation sites (tertiary alicyclic amines) is 1. The number of aliphatic carboxylic acids is 2. The summed E-state index contributed by atoms with van der Waals surface area (Å²) in [5.41, 5.74) is 1.33. The van der Waals surface area contributed by atoms with Crippen molar-refractivity contribution in [1.82, 2.24) is 9.88 Å². The van der Waals surface area contributed by atoms with Gasteiger partial charge in [-0.15, -0.1) is 0 Å². The van der Waals surface area contributed by atoms with Gasteiger partial charge in [0.2, 0.25) is 0 Å². The third-order valence-corrected chi connectivity index (χ3v) is 5.26. The van der Waals surface area contributed by atoms with Crippen LogP contribution in [-0.2, 0) is 25.6 Å². The SMILES string of the molecule is CCOCC12CCCOC1CCN(Cc1ccccn1)C2.O=C(O)C(F)(F)F.O=C(O)C(F)(F)F. The van der Waals surface area contributed by atoms with Crippen molar-refractivity contribution in [1.29, 1.82) is 0 Å². The van der Waals surface area contributed by atoms with E-state index in [1.54, 1.807) is 0 Å². The van der Waals surface area contributed by atoms with E-state index in [0.717, 1.165) is 58.0 Å². The van der Waals surface area contributed by atoms with Crippen LogP contribution in [0.1, 0.15) is 31.9 Å². The van der Waals surface area contributed by atoms with Gasteiger partial charge in [0.05, 0.1) is 18.4 Å². The van der Waals surface area contributed by atoms with Crippen molar-refractivity contribution in [2.24, 2.45) is 5.41 Å². The summed E-state index contributed by atoms with van der Waals surface area (Å²) < 4.78 is 75.3. The van der Waals surface area contributed by atoms with E-state index in [1.807, 2.05) is 12.3 Å². The van der Waals surface area contributed by atoms with Crippen LogP contribution < -0.4 is 0 Å². The molecule has 0 saturated carbocycles. The zero-order chi connectivity index (χ0) is 26.7. The Balaban J connectivity index is 0.000000362. The minimum atomic E-state index is -5.08. The number of pyridine rings is 1. The van der Waals surface area contributed by atoms with Gasteiger partial charge in [0, 0.05) is 44.5 Å². The van der Waals surface area contributed by atoms with E-state index in [1.165, 1.54) is 6.42 Å². The second-order valence-corrected chi connectivity index (χ2v) is 7.89. The molecule has 2 unspecified atom stereocenters. The lowest BCUT2D eigenvalue weighted by molar-refractivity contribution is -0.193. The number of hydrogen-bond donors (Lipinski definition) is 2. The van der Waals surface area contributed by atoms with Gasteiger partial charge in [-0.25, -0.2) is 9.59 Å². The first kappa shape index (κ1) is 30.6. The number of nitrogens with zero attached hydrogens (tertiary/aromatic N) is 2. The molecule has 0 aliphatic carbocycles. The summed E-state index contributed by atoms with van der Waals surface area (Å²) in [4.78, 5) is 24.8. The third-order valence-electron chi connectivity index (χ3n) is 5.26. The number of rotatable bonds is 5. The second kappa shape index (κ2) is 13.6. The summed E-state index contributed by atoms with van der Waals surface area (Å²) in [5.74, 6) is -5.51. The molecule has 1 aromatic heterocycles. The molecule has 0 amide bonds. The highest BCUT2D eigenvalue weighted by atomic mass is 19.4. The number of carboxylic acid groups (broad SMARTS) is 2. The standard InChI is InChI=1S/C17H26N2O2.2C2HF3O2/c1-2-20-14-17-8-5-11-21-16(17)7-10-19(13-17)12-15-6-3-4-9-18-15;2*3-2(4,5)1(6)7/h3-4,6,9,16H,2,5,7-8,10-14H2,1H3;2*(H,6,7). The van der Waals surface area contributed by atoms with Crippen LogP contribution in [0.4, 0.5) is 26.3 Å². The van der Waals surface area contributed by atoms with E-state index >= 15 is 0 Å². The van der Waals surface area contributed by atoms with Crippen molar-refractivity contribution in [3.63, 3.8) is 0 Å². The van der Waals surface area contributed by atoms with E-state index in [-0.39, 0.29) is 5.41 Å². The molecule has 2 atom stereocenters. The van der Waals surface area contributed by atoms with Crippen LogP contribution in [0.5, 0.6) is 0 Å². The smallest absolute Gasteiger partial charge is 0.475 e. The predicted molar refractivity (Wildman–Crippen MR) is 109 cm³/mol. The fraction of sp³-hybridized carbons (Fsp3) is 0.667. The zero-order valence-corrected chi connectivity index (χ0v) is 18.9. The van der Waals surface area contributed by atoms with Crippen molar-refractivity contribution in [2.75, 3.05) is 32.9 Å². The summed E-state index contributed by atoms with van der Waals surface area (Å²) in [6, 6.07) is 6.15. The molecule has 8 nitrogen and oxygen atoms in total. The van der Waals surface area contributed by atoms with E-state index in [2.05, 4.69) is 28.9 Å². The normalized spacial score (nSPS) is 22.5. The van der Waals surface area contributed by atoms with Gasteiger partial charge in [-0.3, -0.25) is 9.88 Å². The molecule has 0 radical (unpaired) electrons. The van der Waals surface area contributed by atoms with Crippen LogP contribution in [0.25, 0.3) is 0 Å². The Morgan fingerprint density at radius 3 is 2.26 bits per heavy atom. The Morgan fingerprint density at radius 2 is 1.77 bits per heavy atom. The average molecular weight is 518 g/mol. The summed E-state index contributed by atoms with van der Waals surface area (Å²) in [5, 5.41) is 14.2. The van der Waals surface area contributed by atoms with Gasteiger partial charge >= 0.3 is 24.3 Å². The number of halogens is 6. The summed E-state index contributed by atoms with van der Waals surface area (Å²) in [6.45, 7) is 7.69. The quantitative estimate of drug-likeness (QED) is 0.568. The minimum absolute atomic E-state index is 0.182. The van der Waals surface area contributed by atoms with E-state index < -0.39 is 24.3 Å². The largest absolute Gasteiger partial charge is 0.490 e. The minimum Gasteiger partial charge on any atom is -0.475 e. The molecule has 35 heavy (non-hydrogen) atoms. The second-order valence-electron chi connectivity index (χ2n) is 7.89. The summed E-state index contributed by atoms with van der Waals surface area (Å²) >= 11 is 0. The number of carbonyl (C=O) groups is 2. The first-order chi connectivity index (χ1) is 16.2. The van der Waals surface area contributed by atoms with Gasteiger partial charge in [0.1, 0.15) is 0 Å². The Bertz CT molecular complexity index is 769. The van der Waals surface area contributed by atoms with Crippen LogP contribution in [0.2, 0.25) is 0 Å². The highest BCUT2D eigenvalue weighted by molar-refractivity contribution is 5.73. The van der Waals surface area contributed by atoms with Crippen molar-refractivity contribution < 1.29 is 55.6 Å². The van der Waals surface area contributed by atoms with Gasteiger partial charge < -0.3 is 19.7 Å². The van der Waals surface area contributed by atoms with Gasteiger partial charge in [0.15, 0.2) is 0 Å². The number of piperidine rings is 1. The number of ether oxygens (including phenoxy) is 2. The molecular formula is C21H28F6N2O6. The fourth-order valence-electron chi connectivity index (χ4n) is 3.75. The molecule has 2 N–H and O–H groups in total. The number of carboxylic acids is 2. The Morgan fingerprint density at radius 1 is 1.17 bits per heavy atom. The van der Waals surface area contributed by atoms with Crippen molar-refractivity contribution in [3.8, 4) is 0 Å². The molecule has 3 heterocycles. The molecule has 2 aliphatic rings. The molecule has 200 valence electrons. The number of hydrogen-bond acceptors (Lipinski definition) is 6. The Labute approximate surface area is 197 Å². The molecule has 2 fully saturated rings. The Hall–Kier alpha value is -2.45. The maximum atomic E-state index is 10.6. The van der Waals surface area contributed by atoms with Crippen LogP contribution in [0, 0.1) is 5.41 Å². The number of alkyl halides is 6. The van der Waals surface area contributed by atoms with Gasteiger partial charge in [0.25, 0.3) is 0 Å². The maximum absolute atomic E-state index is 10.6. The molecule has 0 aromatic carbocycles. The molecule has 2 aliphatic heterocycles. The van der Waals surface area contributed by atoms with Gasteiger partial charge in [-0.1, -0.05) is 6.07 Å². The zero-order valence-electron chi connectivity index (χ0n) is 18.9. The molecule has 3 rings (SSSR count). The molecule has 0 bridgehead atoms. The third kappa shape index (κ3) is 10.8. The van der Waals surface area contributed by atoms with Crippen LogP contribution in [0.15, 0.2) is 24.4 Å². The average Bonchev–Trinajstić information content (AvgIpc) is 2.78. The number of fused-ring (bicyclic) bond motifs is 1. The fourth-order valence-corrected chi connectivity index (χ4v) is 3.75. The molecule has 14 heteroatoms. The molecule has 0 spiro atoms. The lowest BCUT2D eigenvalue weighted by Gasteiger charge is -2.50. The van der Waals surface area contributed by atoms with E-state index in [9.17, 15) is 26.3 Å². The summed E-state index contributed by atoms with van der Waals surface area (Å²) in [6.07, 6.45) is -4.43. The highest BCUT2D eigenvalue weighted by Crippen LogP contribution is 2.40.